The van der Waals surface area contributed by atoms with Gasteiger partial charge in [-0.2, -0.15) is 11.8 Å². The van der Waals surface area contributed by atoms with Gasteiger partial charge in [0.2, 0.25) is 0 Å². The summed E-state index contributed by atoms with van der Waals surface area (Å²) in [5.41, 5.74) is 2.13. The summed E-state index contributed by atoms with van der Waals surface area (Å²) in [6.07, 6.45) is 2.34. The predicted octanol–water partition coefficient (Wildman–Crippen LogP) is 3.58. The van der Waals surface area contributed by atoms with Crippen molar-refractivity contribution in [1.82, 2.24) is 0 Å². The van der Waals surface area contributed by atoms with Crippen molar-refractivity contribution >= 4 is 17.5 Å². The lowest BCUT2D eigenvalue weighted by Crippen LogP contribution is -2.38. The van der Waals surface area contributed by atoms with Crippen LogP contribution < -0.4 is 0 Å². The van der Waals surface area contributed by atoms with E-state index in [2.05, 4.69) is 12.1 Å². The van der Waals surface area contributed by atoms with Crippen LogP contribution in [-0.2, 0) is 4.84 Å². The van der Waals surface area contributed by atoms with Crippen molar-refractivity contribution in [3.63, 3.8) is 0 Å². The molecule has 1 aromatic carbocycles. The molecule has 5 heteroatoms. The quantitative estimate of drug-likeness (QED) is 0.680. The molecule has 2 aliphatic heterocycles. The van der Waals surface area contributed by atoms with Crippen LogP contribution in [-0.4, -0.2) is 34.5 Å². The lowest BCUT2D eigenvalue weighted by atomic mass is 9.78. The number of hydrogen-bond acceptors (Lipinski definition) is 4. The van der Waals surface area contributed by atoms with Crippen LogP contribution in [0.1, 0.15) is 37.7 Å². The number of nitrogens with zero attached hydrogens (tertiary/aromatic N) is 1. The minimum atomic E-state index is -0.293. The highest BCUT2D eigenvalue weighted by atomic mass is 32.2. The van der Waals surface area contributed by atoms with E-state index in [-0.39, 0.29) is 29.0 Å². The van der Waals surface area contributed by atoms with Gasteiger partial charge in [0.1, 0.15) is 12.9 Å². The van der Waals surface area contributed by atoms with Crippen molar-refractivity contribution in [2.45, 2.75) is 48.7 Å². The first-order valence-corrected chi connectivity index (χ1v) is 8.77. The fourth-order valence-electron chi connectivity index (χ4n) is 3.86. The predicted molar refractivity (Wildman–Crippen MR) is 87.8 cm³/mol. The molecule has 0 aliphatic carbocycles. The maximum absolute atomic E-state index is 13.2. The first-order valence-electron chi connectivity index (χ1n) is 7.83. The van der Waals surface area contributed by atoms with E-state index in [9.17, 15) is 9.50 Å². The van der Waals surface area contributed by atoms with Gasteiger partial charge in [0.05, 0.1) is 11.8 Å². The van der Waals surface area contributed by atoms with E-state index in [0.29, 0.717) is 5.25 Å². The van der Waals surface area contributed by atoms with E-state index in [0.717, 1.165) is 30.5 Å². The third kappa shape index (κ3) is 2.88. The number of fused-ring (bicyclic) bond motifs is 2. The number of hydrogen-bond donors (Lipinski definition) is 1. The lowest BCUT2D eigenvalue weighted by Gasteiger charge is -2.37. The van der Waals surface area contributed by atoms with Crippen LogP contribution in [0.5, 0.6) is 0 Å². The molecule has 22 heavy (non-hydrogen) atoms. The zero-order valence-corrected chi connectivity index (χ0v) is 13.7. The Morgan fingerprint density at radius 3 is 2.73 bits per heavy atom. The fraction of sp³-hybridized carbons (Fsp3) is 0.588. The minimum absolute atomic E-state index is 0.147. The van der Waals surface area contributed by atoms with Gasteiger partial charge in [0.25, 0.3) is 0 Å². The average molecular weight is 323 g/mol. The Labute approximate surface area is 134 Å². The second-order valence-corrected chi connectivity index (χ2v) is 7.55. The molecule has 0 radical (unpaired) electrons. The van der Waals surface area contributed by atoms with Crippen LogP contribution in [0.3, 0.4) is 0 Å². The second kappa shape index (κ2) is 6.59. The molecule has 0 amide bonds. The molecular formula is C17H22FNO2S. The summed E-state index contributed by atoms with van der Waals surface area (Å²) < 4.78 is 13.2. The van der Waals surface area contributed by atoms with E-state index < -0.39 is 0 Å². The lowest BCUT2D eigenvalue weighted by molar-refractivity contribution is 0.162. The molecule has 2 bridgehead atoms. The van der Waals surface area contributed by atoms with Crippen LogP contribution in [0.25, 0.3) is 0 Å². The Balaban J connectivity index is 1.98. The number of benzene rings is 1. The molecule has 3 nitrogen and oxygen atoms in total. The highest BCUT2D eigenvalue weighted by molar-refractivity contribution is 8.00. The van der Waals surface area contributed by atoms with Gasteiger partial charge in [-0.1, -0.05) is 24.2 Å². The molecule has 3 rings (SSSR count). The zero-order chi connectivity index (χ0) is 15.7. The molecule has 0 aromatic heterocycles. The summed E-state index contributed by atoms with van der Waals surface area (Å²) >= 11 is 1.88. The SMILES string of the molecule is CCC(=NOC)[C@H]1[C@@H](c2ccc(F)cc2)CC2CC(O)[C@H]1S2. The summed E-state index contributed by atoms with van der Waals surface area (Å²) in [6, 6.07) is 6.78. The third-order valence-electron chi connectivity index (χ3n) is 4.79. The highest BCUT2D eigenvalue weighted by Gasteiger charge is 2.49. The Kier molecular flexibility index (Phi) is 4.73. The van der Waals surface area contributed by atoms with E-state index in [1.54, 1.807) is 7.11 Å². The number of halogens is 1. The molecule has 120 valence electrons. The number of rotatable bonds is 4. The number of oxime groups is 1. The zero-order valence-electron chi connectivity index (χ0n) is 12.9. The van der Waals surface area contributed by atoms with Gasteiger partial charge in [-0.15, -0.1) is 0 Å². The van der Waals surface area contributed by atoms with Crippen LogP contribution >= 0.6 is 11.8 Å². The van der Waals surface area contributed by atoms with Gasteiger partial charge in [-0.25, -0.2) is 4.39 Å². The number of thioether (sulfide) groups is 1. The van der Waals surface area contributed by atoms with E-state index in [1.165, 1.54) is 12.1 Å². The maximum Gasteiger partial charge on any atom is 0.123 e. The van der Waals surface area contributed by atoms with Crippen LogP contribution in [0.4, 0.5) is 4.39 Å². The molecule has 2 heterocycles. The first-order chi connectivity index (χ1) is 10.6. The van der Waals surface area contributed by atoms with Crippen molar-refractivity contribution in [3.8, 4) is 0 Å². The maximum atomic E-state index is 13.2. The van der Waals surface area contributed by atoms with Crippen molar-refractivity contribution < 1.29 is 14.3 Å². The van der Waals surface area contributed by atoms with Gasteiger partial charge in [-0.3, -0.25) is 0 Å². The van der Waals surface area contributed by atoms with E-state index >= 15 is 0 Å². The van der Waals surface area contributed by atoms with Crippen molar-refractivity contribution in [2.24, 2.45) is 11.1 Å². The molecule has 0 saturated carbocycles. The Hall–Kier alpha value is -1.07. The number of aliphatic hydroxyl groups excluding tert-OH is 1. The molecule has 1 aromatic rings. The van der Waals surface area contributed by atoms with Crippen LogP contribution in [0, 0.1) is 11.7 Å². The van der Waals surface area contributed by atoms with Gasteiger partial charge in [0, 0.05) is 16.4 Å². The fourth-order valence-corrected chi connectivity index (χ4v) is 5.74. The molecule has 5 atom stereocenters. The molecule has 2 saturated heterocycles. The van der Waals surface area contributed by atoms with Crippen molar-refractivity contribution in [3.05, 3.63) is 35.6 Å². The molecule has 2 unspecified atom stereocenters. The Bertz CT molecular complexity index is 548. The summed E-state index contributed by atoms with van der Waals surface area (Å²) in [7, 11) is 1.56. The standard InChI is InChI=1S/C17H22FNO2S/c1-3-14(19-21-2)16-13(10-4-6-11(18)7-5-10)8-12-9-15(20)17(16)22-12/h4-7,12-13,15-17,20H,3,8-9H2,1-2H3/t12?,13-,15?,16-,17-/m1/s1. The first kappa shape index (κ1) is 15.8. The summed E-state index contributed by atoms with van der Waals surface area (Å²) in [4.78, 5) is 5.03. The highest BCUT2D eigenvalue weighted by Crippen LogP contribution is 2.53. The average Bonchev–Trinajstić information content (AvgIpc) is 2.81. The molecular weight excluding hydrogens is 301 g/mol. The topological polar surface area (TPSA) is 41.8 Å². The number of aliphatic hydroxyl groups is 1. The van der Waals surface area contributed by atoms with E-state index in [4.69, 9.17) is 4.84 Å². The van der Waals surface area contributed by atoms with Gasteiger partial charge < -0.3 is 9.94 Å². The molecule has 1 N–H and O–H groups in total. The Morgan fingerprint density at radius 1 is 1.36 bits per heavy atom. The second-order valence-electron chi connectivity index (χ2n) is 6.06. The molecule has 2 aliphatic rings. The third-order valence-corrected chi connectivity index (χ3v) is 6.48. The minimum Gasteiger partial charge on any atom is -0.399 e. The summed E-state index contributed by atoms with van der Waals surface area (Å²) in [6.45, 7) is 2.07. The monoisotopic (exact) mass is 323 g/mol. The molecule has 2 fully saturated rings. The van der Waals surface area contributed by atoms with Gasteiger partial charge >= 0.3 is 0 Å². The summed E-state index contributed by atoms with van der Waals surface area (Å²) in [5.74, 6) is 0.201. The van der Waals surface area contributed by atoms with Crippen LogP contribution in [0.2, 0.25) is 0 Å². The normalized spacial score (nSPS) is 34.7. The van der Waals surface area contributed by atoms with Crippen LogP contribution in [0.15, 0.2) is 29.4 Å². The van der Waals surface area contributed by atoms with Crippen molar-refractivity contribution in [1.29, 1.82) is 0 Å². The van der Waals surface area contributed by atoms with E-state index in [1.807, 2.05) is 23.9 Å². The largest absolute Gasteiger partial charge is 0.399 e. The van der Waals surface area contributed by atoms with Gasteiger partial charge in [-0.05, 0) is 42.9 Å². The molecule has 0 spiro atoms. The smallest absolute Gasteiger partial charge is 0.123 e. The van der Waals surface area contributed by atoms with Gasteiger partial charge in [0.15, 0.2) is 0 Å². The van der Waals surface area contributed by atoms with Crippen molar-refractivity contribution in [2.75, 3.05) is 7.11 Å². The summed E-state index contributed by atoms with van der Waals surface area (Å²) in [5, 5.41) is 15.3. The Morgan fingerprint density at radius 2 is 2.09 bits per heavy atom.